The van der Waals surface area contributed by atoms with E-state index in [1.165, 1.54) is 12.8 Å². The maximum absolute atomic E-state index is 11.1. The van der Waals surface area contributed by atoms with Crippen LogP contribution in [0.3, 0.4) is 0 Å². The third kappa shape index (κ3) is 20.0. The van der Waals surface area contributed by atoms with Crippen molar-refractivity contribution in [3.63, 3.8) is 0 Å². The van der Waals surface area contributed by atoms with Crippen LogP contribution in [0.1, 0.15) is 78.1 Å². The average Bonchev–Trinajstić information content (AvgIpc) is 2.72. The Kier molecular flexibility index (Phi) is 19.8. The molecule has 0 aromatic carbocycles. The lowest BCUT2D eigenvalue weighted by Crippen LogP contribution is -2.06. The summed E-state index contributed by atoms with van der Waals surface area (Å²) in [6, 6.07) is 0. The van der Waals surface area contributed by atoms with Crippen molar-refractivity contribution < 1.29 is 14.3 Å². The molecule has 0 bridgehead atoms. The second-order valence-corrected chi connectivity index (χ2v) is 6.32. The van der Waals surface area contributed by atoms with Crippen molar-refractivity contribution >= 4 is 5.97 Å². The second kappa shape index (κ2) is 21.7. The number of carbonyl (C=O) groups excluding carboxylic acids is 1. The van der Waals surface area contributed by atoms with Gasteiger partial charge in [0.25, 0.3) is 0 Å². The Labute approximate surface area is 178 Å². The summed E-state index contributed by atoms with van der Waals surface area (Å²) in [4.78, 5) is 11.1. The molecule has 0 aromatic heterocycles. The molecule has 0 N–H and O–H groups in total. The highest BCUT2D eigenvalue weighted by molar-refractivity contribution is 5.69. The van der Waals surface area contributed by atoms with Crippen molar-refractivity contribution in [2.75, 3.05) is 13.7 Å². The fraction of sp³-hybridized carbons (Fsp3) is 0.577. The van der Waals surface area contributed by atoms with E-state index >= 15 is 0 Å². The van der Waals surface area contributed by atoms with E-state index in [4.69, 9.17) is 9.47 Å². The van der Waals surface area contributed by atoms with Gasteiger partial charge in [0.2, 0.25) is 0 Å². The molecule has 0 saturated heterocycles. The lowest BCUT2D eigenvalue weighted by atomic mass is 10.1. The molecule has 0 aliphatic carbocycles. The van der Waals surface area contributed by atoms with Crippen LogP contribution in [-0.2, 0) is 14.3 Å². The van der Waals surface area contributed by atoms with E-state index in [-0.39, 0.29) is 12.1 Å². The van der Waals surface area contributed by atoms with E-state index in [2.05, 4.69) is 60.4 Å². The predicted octanol–water partition coefficient (Wildman–Crippen LogP) is 5.06. The number of hydrogen-bond acceptors (Lipinski definition) is 3. The van der Waals surface area contributed by atoms with Crippen molar-refractivity contribution in [2.24, 2.45) is 0 Å². The summed E-state index contributed by atoms with van der Waals surface area (Å²) >= 11 is 0. The number of methoxy groups -OCH3 is 1. The summed E-state index contributed by atoms with van der Waals surface area (Å²) in [5.41, 5.74) is 0. The van der Waals surface area contributed by atoms with Gasteiger partial charge in [0, 0.05) is 20.0 Å². The van der Waals surface area contributed by atoms with Crippen molar-refractivity contribution in [2.45, 2.75) is 84.2 Å². The second-order valence-electron chi connectivity index (χ2n) is 6.32. The van der Waals surface area contributed by atoms with Gasteiger partial charge in [-0.15, -0.1) is 0 Å². The third-order valence-electron chi connectivity index (χ3n) is 3.81. The highest BCUT2D eigenvalue weighted by Crippen LogP contribution is 2.09. The molecule has 0 aliphatic rings. The zero-order valence-electron chi connectivity index (χ0n) is 18.2. The highest BCUT2D eigenvalue weighted by Gasteiger charge is 2.01. The van der Waals surface area contributed by atoms with Gasteiger partial charge in [-0.05, 0) is 68.8 Å². The van der Waals surface area contributed by atoms with Crippen LogP contribution in [0, 0.1) is 47.4 Å². The van der Waals surface area contributed by atoms with Gasteiger partial charge >= 0.3 is 5.97 Å². The van der Waals surface area contributed by atoms with E-state index < -0.39 is 0 Å². The first-order valence-electron chi connectivity index (χ1n) is 10.5. The number of carbonyl (C=O) groups is 1. The fourth-order valence-corrected chi connectivity index (χ4v) is 2.27. The van der Waals surface area contributed by atoms with Gasteiger partial charge in [-0.1, -0.05) is 49.5 Å². The molecule has 0 rings (SSSR count). The van der Waals surface area contributed by atoms with Crippen LogP contribution in [0.25, 0.3) is 0 Å². The summed E-state index contributed by atoms with van der Waals surface area (Å²) in [5, 5.41) is 0. The average molecular weight is 395 g/mol. The quantitative estimate of drug-likeness (QED) is 0.264. The molecule has 0 saturated carbocycles. The van der Waals surface area contributed by atoms with Crippen molar-refractivity contribution in [1.29, 1.82) is 0 Å². The van der Waals surface area contributed by atoms with Crippen LogP contribution in [0.4, 0.5) is 0 Å². The Bertz CT molecular complexity index is 702. The Hall–Kier alpha value is -2.59. The molecular formula is C26H34O3. The van der Waals surface area contributed by atoms with Crippen LogP contribution >= 0.6 is 0 Å². The summed E-state index contributed by atoms with van der Waals surface area (Å²) in [6.07, 6.45) is 13.3. The van der Waals surface area contributed by atoms with Crippen LogP contribution < -0.4 is 0 Å². The van der Waals surface area contributed by atoms with E-state index in [0.717, 1.165) is 38.5 Å². The Morgan fingerprint density at radius 1 is 0.966 bits per heavy atom. The summed E-state index contributed by atoms with van der Waals surface area (Å²) < 4.78 is 10.2. The predicted molar refractivity (Wildman–Crippen MR) is 120 cm³/mol. The molecule has 0 aliphatic heterocycles. The van der Waals surface area contributed by atoms with Crippen LogP contribution in [0.15, 0.2) is 12.2 Å². The molecule has 3 nitrogen and oxygen atoms in total. The standard InChI is InChI=1S/C26H34O3/c1-4-6-7-16-19-22-25(28-3)23-20-17-14-12-10-8-9-11-13-15-18-21-24-26(27)29-5-2/h8-9,25H,4-6,10,12,14,17,20-21,23-24H2,1-3H3/b9-8+/t25-/m1/s1. The van der Waals surface area contributed by atoms with Crippen LogP contribution in [-0.4, -0.2) is 25.8 Å². The van der Waals surface area contributed by atoms with Gasteiger partial charge < -0.3 is 9.47 Å². The molecule has 0 aromatic rings. The first-order valence-corrected chi connectivity index (χ1v) is 10.5. The molecule has 156 valence electrons. The van der Waals surface area contributed by atoms with Gasteiger partial charge in [-0.25, -0.2) is 0 Å². The number of unbranched alkanes of at least 4 members (excludes halogenated alkanes) is 5. The number of rotatable bonds is 12. The SMILES string of the molecule is CCCC#CC#C[C@H](CCCCCC/C=C/C#CC#CCCC(=O)OCC)OC. The summed E-state index contributed by atoms with van der Waals surface area (Å²) in [7, 11) is 1.70. The maximum atomic E-state index is 11.1. The number of ether oxygens (including phenoxy) is 2. The fourth-order valence-electron chi connectivity index (χ4n) is 2.27. The lowest BCUT2D eigenvalue weighted by Gasteiger charge is -2.07. The van der Waals surface area contributed by atoms with E-state index in [9.17, 15) is 4.79 Å². The van der Waals surface area contributed by atoms with E-state index in [1.54, 1.807) is 14.0 Å². The normalized spacial score (nSPS) is 10.3. The Balaban J connectivity index is 3.75. The lowest BCUT2D eigenvalue weighted by molar-refractivity contribution is -0.142. The third-order valence-corrected chi connectivity index (χ3v) is 3.81. The highest BCUT2D eigenvalue weighted by atomic mass is 16.5. The van der Waals surface area contributed by atoms with Crippen LogP contribution in [0.2, 0.25) is 0 Å². The van der Waals surface area contributed by atoms with Gasteiger partial charge in [-0.2, -0.15) is 0 Å². The minimum Gasteiger partial charge on any atom is -0.466 e. The summed E-state index contributed by atoms with van der Waals surface area (Å²) in [6.45, 7) is 4.31. The molecule has 3 heteroatoms. The number of hydrogen-bond donors (Lipinski definition) is 0. The molecule has 0 unspecified atom stereocenters. The zero-order valence-corrected chi connectivity index (χ0v) is 18.2. The topological polar surface area (TPSA) is 35.5 Å². The maximum Gasteiger partial charge on any atom is 0.306 e. The smallest absolute Gasteiger partial charge is 0.306 e. The number of esters is 1. The van der Waals surface area contributed by atoms with Gasteiger partial charge in [0.15, 0.2) is 0 Å². The van der Waals surface area contributed by atoms with Crippen LogP contribution in [0.5, 0.6) is 0 Å². The Morgan fingerprint density at radius 2 is 1.72 bits per heavy atom. The zero-order chi connectivity index (χ0) is 21.4. The van der Waals surface area contributed by atoms with Crippen molar-refractivity contribution in [3.8, 4) is 47.4 Å². The van der Waals surface area contributed by atoms with Crippen molar-refractivity contribution in [1.82, 2.24) is 0 Å². The first-order chi connectivity index (χ1) is 14.2. The molecule has 0 fully saturated rings. The van der Waals surface area contributed by atoms with E-state index in [0.29, 0.717) is 19.4 Å². The molecule has 0 heterocycles. The van der Waals surface area contributed by atoms with E-state index in [1.807, 2.05) is 6.08 Å². The molecule has 1 atom stereocenters. The molecular weight excluding hydrogens is 360 g/mol. The largest absolute Gasteiger partial charge is 0.466 e. The van der Waals surface area contributed by atoms with Gasteiger partial charge in [0.1, 0.15) is 6.10 Å². The molecule has 0 radical (unpaired) electrons. The first kappa shape index (κ1) is 26.4. The minimum absolute atomic E-state index is 0.0144. The number of allylic oxidation sites excluding steroid dienone is 2. The molecule has 0 spiro atoms. The van der Waals surface area contributed by atoms with Crippen molar-refractivity contribution in [3.05, 3.63) is 12.2 Å². The monoisotopic (exact) mass is 394 g/mol. The van der Waals surface area contributed by atoms with Gasteiger partial charge in [0.05, 0.1) is 13.0 Å². The summed E-state index contributed by atoms with van der Waals surface area (Å²) in [5.74, 6) is 22.9. The molecule has 0 amide bonds. The van der Waals surface area contributed by atoms with Gasteiger partial charge in [-0.3, -0.25) is 4.79 Å². The minimum atomic E-state index is -0.211. The Morgan fingerprint density at radius 3 is 2.48 bits per heavy atom. The molecule has 29 heavy (non-hydrogen) atoms.